The summed E-state index contributed by atoms with van der Waals surface area (Å²) in [7, 11) is 0. The van der Waals surface area contributed by atoms with Crippen LogP contribution in [0.1, 0.15) is 128 Å². The maximum atomic E-state index is 13.0. The number of rotatable bonds is 18. The number of fused-ring (bicyclic) bond motifs is 1. The lowest BCUT2D eigenvalue weighted by Gasteiger charge is -2.29. The van der Waals surface area contributed by atoms with E-state index in [-0.39, 0.29) is 30.3 Å². The predicted octanol–water partition coefficient (Wildman–Crippen LogP) is 6.42. The lowest BCUT2D eigenvalue weighted by molar-refractivity contribution is -0.154. The molecule has 1 aliphatic rings. The predicted molar refractivity (Wildman–Crippen MR) is 188 cm³/mol. The van der Waals surface area contributed by atoms with Crippen molar-refractivity contribution in [1.29, 1.82) is 0 Å². The van der Waals surface area contributed by atoms with Gasteiger partial charge in [0.15, 0.2) is 0 Å². The molecule has 12 heteroatoms. The second kappa shape index (κ2) is 18.9. The second-order valence-corrected chi connectivity index (χ2v) is 15.5. The molecular weight excluding hydrogens is 628 g/mol. The van der Waals surface area contributed by atoms with E-state index in [1.807, 2.05) is 62.3 Å². The average molecular weight is 689 g/mol. The van der Waals surface area contributed by atoms with E-state index >= 15 is 0 Å². The van der Waals surface area contributed by atoms with Gasteiger partial charge in [-0.3, -0.25) is 19.3 Å². The number of carbonyl (C=O) groups excluding carboxylic acids is 5. The number of unbranched alkanes of at least 4 members (excludes halogenated alkanes) is 2. The second-order valence-electron chi connectivity index (χ2n) is 15.5. The highest BCUT2D eigenvalue weighted by atomic mass is 16.6. The molecule has 0 aliphatic carbocycles. The van der Waals surface area contributed by atoms with E-state index in [0.29, 0.717) is 95.5 Å². The number of amides is 4. The van der Waals surface area contributed by atoms with E-state index < -0.39 is 22.9 Å². The lowest BCUT2D eigenvalue weighted by Crippen LogP contribution is -2.40. The van der Waals surface area contributed by atoms with Crippen LogP contribution in [0.4, 0.5) is 9.59 Å². The third kappa shape index (κ3) is 16.1. The molecule has 0 unspecified atom stereocenters. The summed E-state index contributed by atoms with van der Waals surface area (Å²) < 4.78 is 16.7. The number of nitrogens with one attached hydrogen (secondary N) is 1. The van der Waals surface area contributed by atoms with Gasteiger partial charge in [-0.1, -0.05) is 12.1 Å². The molecule has 49 heavy (non-hydrogen) atoms. The normalized spacial score (nSPS) is 13.3. The minimum absolute atomic E-state index is 0.249. The highest BCUT2D eigenvalue weighted by Crippen LogP contribution is 2.22. The number of ether oxygens (including phenoxy) is 3. The molecular formula is C37H60N4O8. The Balaban J connectivity index is 1.81. The molecule has 0 saturated carbocycles. The fraction of sp³-hybridized carbons (Fsp3) is 0.703. The smallest absolute Gasteiger partial charge is 0.410 e. The molecule has 0 radical (unpaired) electrons. The van der Waals surface area contributed by atoms with E-state index in [4.69, 9.17) is 14.2 Å². The van der Waals surface area contributed by atoms with Crippen molar-refractivity contribution in [1.82, 2.24) is 20.0 Å². The molecule has 4 amide bonds. The first-order chi connectivity index (χ1) is 22.8. The van der Waals surface area contributed by atoms with Gasteiger partial charge in [0.1, 0.15) is 16.8 Å². The molecule has 0 saturated heterocycles. The number of benzene rings is 1. The van der Waals surface area contributed by atoms with Crippen LogP contribution in [0.2, 0.25) is 0 Å². The summed E-state index contributed by atoms with van der Waals surface area (Å²) in [6.45, 7) is 20.0. The third-order valence-corrected chi connectivity index (χ3v) is 7.28. The van der Waals surface area contributed by atoms with E-state index in [2.05, 4.69) is 5.32 Å². The molecule has 1 heterocycles. The molecule has 0 fully saturated rings. The molecule has 276 valence electrons. The van der Waals surface area contributed by atoms with E-state index in [1.54, 1.807) is 34.1 Å². The highest BCUT2D eigenvalue weighted by Gasteiger charge is 2.34. The molecule has 0 spiro atoms. The van der Waals surface area contributed by atoms with Crippen molar-refractivity contribution < 1.29 is 38.2 Å². The van der Waals surface area contributed by atoms with Gasteiger partial charge in [0.25, 0.3) is 11.8 Å². The van der Waals surface area contributed by atoms with Crippen molar-refractivity contribution in [3.8, 4) is 0 Å². The van der Waals surface area contributed by atoms with E-state index in [1.165, 1.54) is 4.90 Å². The Morgan fingerprint density at radius 2 is 1.02 bits per heavy atom. The van der Waals surface area contributed by atoms with Gasteiger partial charge in [0.2, 0.25) is 0 Å². The van der Waals surface area contributed by atoms with Gasteiger partial charge >= 0.3 is 18.2 Å². The summed E-state index contributed by atoms with van der Waals surface area (Å²) in [4.78, 5) is 67.9. The van der Waals surface area contributed by atoms with Crippen LogP contribution in [-0.2, 0) is 19.0 Å². The Hall–Kier alpha value is -3.67. The monoisotopic (exact) mass is 688 g/mol. The zero-order valence-corrected chi connectivity index (χ0v) is 31.3. The summed E-state index contributed by atoms with van der Waals surface area (Å²) in [5, 5.41) is 3.34. The standard InChI is InChI=1S/C37H60N4O8/c1-35(2,3)47-30(42)20-12-13-23-39(33(45)48-36(4,5)6)24-14-15-25-40(34(46)49-37(7,8)9)26-16-21-38-22-17-27-41-31(43)28-18-10-11-19-29(28)32(41)44/h10-11,18-19,38H,12-17,20-27H2,1-9H3. The molecule has 1 aliphatic heterocycles. The maximum absolute atomic E-state index is 13.0. The van der Waals surface area contributed by atoms with E-state index in [9.17, 15) is 24.0 Å². The number of nitrogens with zero attached hydrogens (tertiary/aromatic N) is 3. The van der Waals surface area contributed by atoms with Crippen molar-refractivity contribution >= 4 is 30.0 Å². The lowest BCUT2D eigenvalue weighted by atomic mass is 10.1. The van der Waals surface area contributed by atoms with Crippen LogP contribution in [0, 0.1) is 0 Å². The van der Waals surface area contributed by atoms with Crippen LogP contribution in [0.25, 0.3) is 0 Å². The fourth-order valence-corrected chi connectivity index (χ4v) is 5.14. The zero-order valence-electron chi connectivity index (χ0n) is 31.3. The first-order valence-electron chi connectivity index (χ1n) is 17.6. The van der Waals surface area contributed by atoms with Crippen molar-refractivity contribution in [3.05, 3.63) is 35.4 Å². The van der Waals surface area contributed by atoms with Gasteiger partial charge in [-0.15, -0.1) is 0 Å². The van der Waals surface area contributed by atoms with Crippen molar-refractivity contribution in [2.75, 3.05) is 45.8 Å². The average Bonchev–Trinajstić information content (AvgIpc) is 3.20. The summed E-state index contributed by atoms with van der Waals surface area (Å²) >= 11 is 0. The summed E-state index contributed by atoms with van der Waals surface area (Å²) in [6, 6.07) is 6.87. The molecule has 1 aromatic carbocycles. The third-order valence-electron chi connectivity index (χ3n) is 7.28. The Morgan fingerprint density at radius 3 is 1.47 bits per heavy atom. The van der Waals surface area contributed by atoms with Gasteiger partial charge in [-0.05, 0) is 126 Å². The molecule has 12 nitrogen and oxygen atoms in total. The van der Waals surface area contributed by atoms with E-state index in [0.717, 1.165) is 0 Å². The van der Waals surface area contributed by atoms with Gasteiger partial charge in [0, 0.05) is 39.1 Å². The summed E-state index contributed by atoms with van der Waals surface area (Å²) in [6.07, 6.45) is 3.35. The minimum Gasteiger partial charge on any atom is -0.460 e. The fourth-order valence-electron chi connectivity index (χ4n) is 5.14. The number of hydrogen-bond acceptors (Lipinski definition) is 9. The minimum atomic E-state index is -0.637. The maximum Gasteiger partial charge on any atom is 0.410 e. The number of imide groups is 1. The van der Waals surface area contributed by atoms with Crippen LogP contribution < -0.4 is 5.32 Å². The number of carbonyl (C=O) groups is 5. The Morgan fingerprint density at radius 1 is 0.612 bits per heavy atom. The number of esters is 1. The Labute approximate surface area is 293 Å². The largest absolute Gasteiger partial charge is 0.460 e. The van der Waals surface area contributed by atoms with Crippen molar-refractivity contribution in [3.63, 3.8) is 0 Å². The van der Waals surface area contributed by atoms with Gasteiger partial charge < -0.3 is 29.3 Å². The van der Waals surface area contributed by atoms with Crippen molar-refractivity contribution in [2.45, 2.75) is 124 Å². The molecule has 1 N–H and O–H groups in total. The zero-order chi connectivity index (χ0) is 36.8. The molecule has 1 aromatic rings. The quantitative estimate of drug-likeness (QED) is 0.0803. The van der Waals surface area contributed by atoms with Crippen LogP contribution >= 0.6 is 0 Å². The topological polar surface area (TPSA) is 135 Å². The van der Waals surface area contributed by atoms with Crippen LogP contribution in [0.15, 0.2) is 24.3 Å². The highest BCUT2D eigenvalue weighted by molar-refractivity contribution is 6.21. The number of hydrogen-bond donors (Lipinski definition) is 1. The van der Waals surface area contributed by atoms with Crippen LogP contribution in [-0.4, -0.2) is 107 Å². The summed E-state index contributed by atoms with van der Waals surface area (Å²) in [5.41, 5.74) is -0.894. The molecule has 0 bridgehead atoms. The van der Waals surface area contributed by atoms with Crippen molar-refractivity contribution in [2.24, 2.45) is 0 Å². The van der Waals surface area contributed by atoms with Gasteiger partial charge in [-0.25, -0.2) is 9.59 Å². The molecule has 0 atom stereocenters. The van der Waals surface area contributed by atoms with Gasteiger partial charge in [0.05, 0.1) is 11.1 Å². The Kier molecular flexibility index (Phi) is 16.0. The first kappa shape index (κ1) is 41.5. The SMILES string of the molecule is CC(C)(C)OC(=O)CCCCN(CCCCN(CCCNCCCN1C(=O)c2ccccc2C1=O)C(=O)OC(C)(C)C)C(=O)OC(C)(C)C. The molecule has 2 rings (SSSR count). The van der Waals surface area contributed by atoms with Crippen LogP contribution in [0.3, 0.4) is 0 Å². The van der Waals surface area contributed by atoms with Crippen LogP contribution in [0.5, 0.6) is 0 Å². The first-order valence-corrected chi connectivity index (χ1v) is 17.6. The molecule has 0 aromatic heterocycles. The van der Waals surface area contributed by atoms with Gasteiger partial charge in [-0.2, -0.15) is 0 Å². The summed E-state index contributed by atoms with van der Waals surface area (Å²) in [5.74, 6) is -0.753. The Bertz CT molecular complexity index is 1230.